The number of nitrogens with one attached hydrogen (secondary N) is 1. The predicted molar refractivity (Wildman–Crippen MR) is 95.7 cm³/mol. The van der Waals surface area contributed by atoms with Gasteiger partial charge in [-0.25, -0.2) is 4.98 Å². The summed E-state index contributed by atoms with van der Waals surface area (Å²) < 4.78 is 5.34. The maximum atomic E-state index is 12.1. The van der Waals surface area contributed by atoms with Crippen LogP contribution < -0.4 is 10.2 Å². The Hall–Kier alpha value is -2.11. The second-order valence-electron chi connectivity index (χ2n) is 5.64. The molecule has 1 aliphatic rings. The largest absolute Gasteiger partial charge is 0.378 e. The first-order valence-electron chi connectivity index (χ1n) is 8.04. The van der Waals surface area contributed by atoms with E-state index in [0.29, 0.717) is 23.7 Å². The third-order valence-electron chi connectivity index (χ3n) is 3.97. The Balaban J connectivity index is 1.52. The van der Waals surface area contributed by atoms with Crippen LogP contribution in [-0.4, -0.2) is 37.2 Å². The molecule has 0 radical (unpaired) electrons. The first-order valence-corrected chi connectivity index (χ1v) is 8.42. The summed E-state index contributed by atoms with van der Waals surface area (Å²) in [5.41, 5.74) is 2.03. The van der Waals surface area contributed by atoms with Crippen LogP contribution in [-0.2, 0) is 16.0 Å². The highest BCUT2D eigenvalue weighted by Crippen LogP contribution is 2.18. The van der Waals surface area contributed by atoms with Crippen molar-refractivity contribution in [2.75, 3.05) is 36.5 Å². The van der Waals surface area contributed by atoms with Crippen molar-refractivity contribution in [1.82, 2.24) is 4.98 Å². The van der Waals surface area contributed by atoms with E-state index in [1.807, 2.05) is 36.4 Å². The zero-order valence-corrected chi connectivity index (χ0v) is 14.1. The number of hydrogen-bond acceptors (Lipinski definition) is 4. The van der Waals surface area contributed by atoms with Crippen LogP contribution in [0.15, 0.2) is 42.6 Å². The summed E-state index contributed by atoms with van der Waals surface area (Å²) in [5, 5.41) is 3.52. The number of aromatic nitrogens is 1. The molecule has 0 aliphatic carbocycles. The molecule has 1 aliphatic heterocycles. The van der Waals surface area contributed by atoms with Crippen molar-refractivity contribution in [2.45, 2.75) is 12.8 Å². The van der Waals surface area contributed by atoms with Crippen molar-refractivity contribution in [1.29, 1.82) is 0 Å². The first kappa shape index (κ1) is 16.7. The molecule has 3 rings (SSSR count). The van der Waals surface area contributed by atoms with Crippen molar-refractivity contribution < 1.29 is 9.53 Å². The van der Waals surface area contributed by atoms with Crippen LogP contribution in [0.3, 0.4) is 0 Å². The van der Waals surface area contributed by atoms with E-state index in [1.54, 1.807) is 6.20 Å². The van der Waals surface area contributed by atoms with Gasteiger partial charge in [0.2, 0.25) is 5.91 Å². The van der Waals surface area contributed by atoms with Crippen molar-refractivity contribution in [3.05, 3.63) is 53.2 Å². The van der Waals surface area contributed by atoms with E-state index in [0.717, 1.165) is 37.6 Å². The van der Waals surface area contributed by atoms with E-state index in [4.69, 9.17) is 16.3 Å². The fourth-order valence-electron chi connectivity index (χ4n) is 2.62. The number of halogens is 1. The molecule has 2 aromatic rings. The maximum Gasteiger partial charge on any atom is 0.225 e. The Morgan fingerprint density at radius 3 is 2.71 bits per heavy atom. The number of anilines is 2. The highest BCUT2D eigenvalue weighted by Gasteiger charge is 2.12. The third-order valence-corrected chi connectivity index (χ3v) is 4.34. The number of carbonyl (C=O) groups excluding carboxylic acids is 1. The first-order chi connectivity index (χ1) is 11.7. The van der Waals surface area contributed by atoms with Crippen molar-refractivity contribution in [3.8, 4) is 0 Å². The topological polar surface area (TPSA) is 54.5 Å². The molecule has 2 heterocycles. The molecule has 0 spiro atoms. The lowest BCUT2D eigenvalue weighted by Crippen LogP contribution is -2.36. The zero-order chi connectivity index (χ0) is 16.8. The van der Waals surface area contributed by atoms with Gasteiger partial charge in [-0.2, -0.15) is 0 Å². The van der Waals surface area contributed by atoms with Gasteiger partial charge in [-0.3, -0.25) is 4.79 Å². The molecule has 6 heteroatoms. The number of carbonyl (C=O) groups is 1. The van der Waals surface area contributed by atoms with Gasteiger partial charge in [0.25, 0.3) is 0 Å². The lowest BCUT2D eigenvalue weighted by atomic mass is 10.1. The summed E-state index contributed by atoms with van der Waals surface area (Å²) in [6, 6.07) is 11.4. The quantitative estimate of drug-likeness (QED) is 0.904. The Morgan fingerprint density at radius 1 is 1.21 bits per heavy atom. The molecule has 0 unspecified atom stereocenters. The van der Waals surface area contributed by atoms with Gasteiger partial charge in [-0.1, -0.05) is 29.8 Å². The number of aryl methyl sites for hydroxylation is 1. The summed E-state index contributed by atoms with van der Waals surface area (Å²) in [4.78, 5) is 18.6. The van der Waals surface area contributed by atoms with Crippen molar-refractivity contribution in [2.24, 2.45) is 0 Å². The third kappa shape index (κ3) is 4.46. The maximum absolute atomic E-state index is 12.1. The standard InChI is InChI=1S/C18H20ClN3O2/c19-16-4-2-1-3-14(16)5-8-18(23)21-17-7-6-15(13-20-17)22-9-11-24-12-10-22/h1-4,6-7,13H,5,8-12H2,(H,20,21,23). The molecule has 0 saturated carbocycles. The van der Waals surface area contributed by atoms with Gasteiger partial charge in [0.1, 0.15) is 5.82 Å². The van der Waals surface area contributed by atoms with Gasteiger partial charge >= 0.3 is 0 Å². The van der Waals surface area contributed by atoms with Crippen molar-refractivity contribution >= 4 is 29.0 Å². The summed E-state index contributed by atoms with van der Waals surface area (Å²) in [5.74, 6) is 0.498. The normalized spacial score (nSPS) is 14.5. The van der Waals surface area contributed by atoms with E-state index in [1.165, 1.54) is 0 Å². The molecule has 1 N–H and O–H groups in total. The minimum atomic E-state index is -0.0680. The Morgan fingerprint density at radius 2 is 2.00 bits per heavy atom. The Labute approximate surface area is 146 Å². The molecule has 5 nitrogen and oxygen atoms in total. The number of nitrogens with zero attached hydrogens (tertiary/aromatic N) is 2. The highest BCUT2D eigenvalue weighted by molar-refractivity contribution is 6.31. The summed E-state index contributed by atoms with van der Waals surface area (Å²) in [6.07, 6.45) is 2.77. The summed E-state index contributed by atoms with van der Waals surface area (Å²) in [7, 11) is 0. The molecular formula is C18H20ClN3O2. The summed E-state index contributed by atoms with van der Waals surface area (Å²) in [6.45, 7) is 3.21. The van der Waals surface area contributed by atoms with Crippen LogP contribution in [0.2, 0.25) is 5.02 Å². The van der Waals surface area contributed by atoms with E-state index in [2.05, 4.69) is 15.2 Å². The van der Waals surface area contributed by atoms with E-state index in [9.17, 15) is 4.79 Å². The smallest absolute Gasteiger partial charge is 0.225 e. The molecule has 1 saturated heterocycles. The van der Waals surface area contributed by atoms with Crippen LogP contribution in [0, 0.1) is 0 Å². The lowest BCUT2D eigenvalue weighted by Gasteiger charge is -2.28. The van der Waals surface area contributed by atoms with Gasteiger partial charge in [0, 0.05) is 24.5 Å². The Bertz CT molecular complexity index is 685. The second-order valence-corrected chi connectivity index (χ2v) is 6.05. The number of hydrogen-bond donors (Lipinski definition) is 1. The molecule has 24 heavy (non-hydrogen) atoms. The lowest BCUT2D eigenvalue weighted by molar-refractivity contribution is -0.116. The van der Waals surface area contributed by atoms with E-state index in [-0.39, 0.29) is 5.91 Å². The average Bonchev–Trinajstić information content (AvgIpc) is 2.62. The van der Waals surface area contributed by atoms with E-state index >= 15 is 0 Å². The fraction of sp³-hybridized carbons (Fsp3) is 0.333. The highest BCUT2D eigenvalue weighted by atomic mass is 35.5. The number of pyridine rings is 1. The molecule has 0 atom stereocenters. The zero-order valence-electron chi connectivity index (χ0n) is 13.4. The minimum Gasteiger partial charge on any atom is -0.378 e. The fourth-order valence-corrected chi connectivity index (χ4v) is 2.85. The number of rotatable bonds is 5. The van der Waals surface area contributed by atoms with E-state index < -0.39 is 0 Å². The number of ether oxygens (including phenoxy) is 1. The molecule has 126 valence electrons. The van der Waals surface area contributed by atoms with Crippen LogP contribution in [0.4, 0.5) is 11.5 Å². The molecule has 1 fully saturated rings. The summed E-state index contributed by atoms with van der Waals surface area (Å²) >= 11 is 6.10. The van der Waals surface area contributed by atoms with Gasteiger partial charge in [0.15, 0.2) is 0 Å². The van der Waals surface area contributed by atoms with Gasteiger partial charge in [-0.05, 0) is 30.2 Å². The molecule has 0 bridgehead atoms. The number of morpholine rings is 1. The Kier molecular flexibility index (Phi) is 5.67. The van der Waals surface area contributed by atoms with Gasteiger partial charge in [0.05, 0.1) is 25.1 Å². The minimum absolute atomic E-state index is 0.0680. The number of benzene rings is 1. The van der Waals surface area contributed by atoms with Crippen LogP contribution >= 0.6 is 11.6 Å². The average molecular weight is 346 g/mol. The van der Waals surface area contributed by atoms with Crippen LogP contribution in [0.1, 0.15) is 12.0 Å². The van der Waals surface area contributed by atoms with Crippen LogP contribution in [0.25, 0.3) is 0 Å². The van der Waals surface area contributed by atoms with Gasteiger partial charge in [-0.15, -0.1) is 0 Å². The monoisotopic (exact) mass is 345 g/mol. The molecule has 1 aromatic heterocycles. The molecular weight excluding hydrogens is 326 g/mol. The predicted octanol–water partition coefficient (Wildman–Crippen LogP) is 3.14. The molecule has 1 amide bonds. The van der Waals surface area contributed by atoms with Crippen molar-refractivity contribution in [3.63, 3.8) is 0 Å². The van der Waals surface area contributed by atoms with Crippen LogP contribution in [0.5, 0.6) is 0 Å². The number of amides is 1. The second kappa shape index (κ2) is 8.13. The molecule has 1 aromatic carbocycles. The van der Waals surface area contributed by atoms with Gasteiger partial charge < -0.3 is 15.0 Å². The SMILES string of the molecule is O=C(CCc1ccccc1Cl)Nc1ccc(N2CCOCC2)cn1.